The molecule has 0 saturated carbocycles. The molecule has 5 aromatic rings. The third kappa shape index (κ3) is 4.49. The predicted octanol–water partition coefficient (Wildman–Crippen LogP) is -2.47. The lowest BCUT2D eigenvalue weighted by Gasteiger charge is -2.24. The molecule has 3 aliphatic rings. The van der Waals surface area contributed by atoms with Crippen LogP contribution in [0.25, 0.3) is 22.3 Å². The number of hydrogen-bond donors (Lipinski definition) is 6. The average molecular weight is 645 g/mol. The number of aromatic amines is 1. The lowest BCUT2D eigenvalue weighted by atomic mass is 10.1. The molecule has 5 aromatic heterocycles. The lowest BCUT2D eigenvalue weighted by molar-refractivity contribution is -0.0513. The average Bonchev–Trinajstić information content (AvgIpc) is 3.81. The summed E-state index contributed by atoms with van der Waals surface area (Å²) >= 11 is 0. The van der Waals surface area contributed by atoms with E-state index in [0.717, 1.165) is 0 Å². The molecular formula is C22H24N13O9P. The van der Waals surface area contributed by atoms with E-state index in [1.165, 1.54) is 39.0 Å². The Balaban J connectivity index is 1.17. The van der Waals surface area contributed by atoms with Crippen LogP contribution < -0.4 is 17.0 Å². The Morgan fingerprint density at radius 3 is 2.56 bits per heavy atom. The number of aromatic nitrogens is 11. The van der Waals surface area contributed by atoms with Crippen molar-refractivity contribution in [1.29, 1.82) is 0 Å². The van der Waals surface area contributed by atoms with Crippen molar-refractivity contribution in [2.45, 2.75) is 55.4 Å². The molecule has 2 saturated heterocycles. The fourth-order valence-electron chi connectivity index (χ4n) is 5.92. The van der Waals surface area contributed by atoms with E-state index < -0.39 is 69.0 Å². The van der Waals surface area contributed by atoms with Gasteiger partial charge in [-0.25, -0.2) is 29.2 Å². The van der Waals surface area contributed by atoms with Crippen molar-refractivity contribution in [3.05, 3.63) is 41.2 Å². The van der Waals surface area contributed by atoms with Gasteiger partial charge in [0, 0.05) is 12.6 Å². The second-order valence-electron chi connectivity index (χ2n) is 10.7. The number of hydrogen-bond acceptors (Lipinski definition) is 17. The normalized spacial score (nSPS) is 33.6. The minimum absolute atomic E-state index is 0.0277. The van der Waals surface area contributed by atoms with Gasteiger partial charge in [0.15, 0.2) is 35.1 Å². The number of phosphoric acid groups is 1. The van der Waals surface area contributed by atoms with Gasteiger partial charge in [0.25, 0.3) is 5.56 Å². The number of H-pyrrole nitrogens is 1. The molecule has 3 aliphatic heterocycles. The molecule has 236 valence electrons. The number of nitrogens with zero attached hydrogens (tertiary/aromatic N) is 10. The van der Waals surface area contributed by atoms with Gasteiger partial charge in [0.1, 0.15) is 42.3 Å². The molecule has 3 unspecified atom stereocenters. The molecule has 0 amide bonds. The van der Waals surface area contributed by atoms with Gasteiger partial charge >= 0.3 is 7.82 Å². The maximum absolute atomic E-state index is 13.2. The predicted molar refractivity (Wildman–Crippen MR) is 146 cm³/mol. The van der Waals surface area contributed by atoms with Crippen LogP contribution in [0, 0.1) is 0 Å². The fraction of sp³-hybridized carbons (Fsp3) is 0.455. The van der Waals surface area contributed by atoms with Gasteiger partial charge in [-0.05, 0) is 0 Å². The zero-order chi connectivity index (χ0) is 31.2. The van der Waals surface area contributed by atoms with Crippen LogP contribution in [0.2, 0.25) is 0 Å². The summed E-state index contributed by atoms with van der Waals surface area (Å²) in [6, 6.07) is -1.000. The van der Waals surface area contributed by atoms with Crippen molar-refractivity contribution in [3.63, 3.8) is 0 Å². The number of imidazole rings is 2. The number of anilines is 2. The molecule has 22 nitrogen and oxygen atoms in total. The molecular weight excluding hydrogens is 621 g/mol. The number of phosphoric ester groups is 1. The maximum Gasteiger partial charge on any atom is 0.472 e. The van der Waals surface area contributed by atoms with E-state index >= 15 is 0 Å². The Labute approximate surface area is 249 Å². The second kappa shape index (κ2) is 10.1. The van der Waals surface area contributed by atoms with E-state index in [4.69, 9.17) is 30.0 Å². The van der Waals surface area contributed by atoms with Gasteiger partial charge < -0.3 is 36.0 Å². The van der Waals surface area contributed by atoms with Crippen LogP contribution in [0.15, 0.2) is 30.0 Å². The van der Waals surface area contributed by atoms with Gasteiger partial charge in [0.05, 0.1) is 31.1 Å². The molecule has 4 bridgehead atoms. The van der Waals surface area contributed by atoms with Gasteiger partial charge in [-0.3, -0.25) is 28.0 Å². The first kappa shape index (κ1) is 28.1. The minimum Gasteiger partial charge on any atom is -0.388 e. The van der Waals surface area contributed by atoms with E-state index in [-0.39, 0.29) is 40.5 Å². The zero-order valence-electron chi connectivity index (χ0n) is 22.7. The molecule has 0 spiro atoms. The summed E-state index contributed by atoms with van der Waals surface area (Å²) in [6.45, 7) is -0.619. The Morgan fingerprint density at radius 2 is 1.73 bits per heavy atom. The van der Waals surface area contributed by atoms with E-state index in [0.29, 0.717) is 5.69 Å². The first-order valence-electron chi connectivity index (χ1n) is 13.5. The van der Waals surface area contributed by atoms with E-state index in [1.54, 1.807) is 0 Å². The SMILES string of the molecule is Nc1nc2c(ncn2[C@@H]2O[C@@H]3COP(=O)(O)O[C@@H]4C(O)[C@H](n5cnc6c(N)ncnc65)O[C@@H]4Cc4cn(nn4)[C@H]2C3O)c(=O)[nH]1. The molecule has 2 fully saturated rings. The first-order chi connectivity index (χ1) is 21.6. The highest BCUT2D eigenvalue weighted by Crippen LogP contribution is 2.50. The van der Waals surface area contributed by atoms with Crippen molar-refractivity contribution in [3.8, 4) is 0 Å². The van der Waals surface area contributed by atoms with E-state index in [2.05, 4.69) is 40.2 Å². The molecule has 0 aromatic carbocycles. The van der Waals surface area contributed by atoms with Crippen molar-refractivity contribution in [2.24, 2.45) is 0 Å². The molecule has 0 radical (unpaired) electrons. The van der Waals surface area contributed by atoms with Crippen LogP contribution in [0.3, 0.4) is 0 Å². The summed E-state index contributed by atoms with van der Waals surface area (Å²) in [4.78, 5) is 46.0. The summed E-state index contributed by atoms with van der Waals surface area (Å²) in [5, 5.41) is 31.0. The van der Waals surface area contributed by atoms with Crippen molar-refractivity contribution < 1.29 is 38.2 Å². The van der Waals surface area contributed by atoms with Crippen molar-refractivity contribution in [2.75, 3.05) is 18.1 Å². The third-order valence-electron chi connectivity index (χ3n) is 7.96. The van der Waals surface area contributed by atoms with Gasteiger partial charge in [-0.2, -0.15) is 4.98 Å². The van der Waals surface area contributed by atoms with Gasteiger partial charge in [0.2, 0.25) is 5.95 Å². The highest BCUT2D eigenvalue weighted by molar-refractivity contribution is 7.47. The van der Waals surface area contributed by atoms with Gasteiger partial charge in [-0.15, -0.1) is 5.10 Å². The summed E-state index contributed by atoms with van der Waals surface area (Å²) in [5.41, 5.74) is 12.0. The van der Waals surface area contributed by atoms with Crippen molar-refractivity contribution >= 4 is 41.9 Å². The highest BCUT2D eigenvalue weighted by Gasteiger charge is 2.52. The summed E-state index contributed by atoms with van der Waals surface area (Å²) in [7, 11) is -4.91. The molecule has 23 heteroatoms. The number of nitrogen functional groups attached to an aromatic ring is 2. The third-order valence-corrected chi connectivity index (χ3v) is 8.95. The molecule has 0 aliphatic carbocycles. The van der Waals surface area contributed by atoms with E-state index in [1.807, 2.05) is 0 Å². The number of rotatable bonds is 2. The number of aliphatic hydroxyl groups is 2. The molecule has 8 N–H and O–H groups in total. The molecule has 8 rings (SSSR count). The number of ether oxygens (including phenoxy) is 2. The van der Waals surface area contributed by atoms with Crippen molar-refractivity contribution in [1.82, 2.24) is 54.0 Å². The largest absolute Gasteiger partial charge is 0.472 e. The standard InChI is InChI=1S/C22H24N13O9P/c23-16-10-17(26-4-25-16)33(5-27-10)21-14(37)15-8(42-21)1-7-2-35(32-31-7)12-13(36)9(3-41-45(39,40)44-15)43-20(12)34-6-28-11-18(34)29-22(24)30-19(11)38/h2,4-6,8-9,12-15,20-21,36-37H,1,3H2,(H,39,40)(H2,23,25,26)(H3,24,29,30,38)/t8-,9-,12+,13?,14?,15+,20-,21-/m1/s1. The van der Waals surface area contributed by atoms with Crippen LogP contribution in [-0.2, 0) is 29.5 Å². The Morgan fingerprint density at radius 1 is 0.978 bits per heavy atom. The molecule has 8 heterocycles. The zero-order valence-corrected chi connectivity index (χ0v) is 23.6. The van der Waals surface area contributed by atoms with Crippen LogP contribution in [-0.4, -0.2) is 106 Å². The Hall–Kier alpha value is -4.41. The van der Waals surface area contributed by atoms with Crippen LogP contribution in [0.4, 0.5) is 11.8 Å². The quantitative estimate of drug-likeness (QED) is 0.108. The summed E-state index contributed by atoms with van der Waals surface area (Å²) in [6.07, 6.45) is -3.42. The lowest BCUT2D eigenvalue weighted by Crippen LogP contribution is -2.35. The number of aliphatic hydroxyl groups excluding tert-OH is 2. The fourth-order valence-corrected chi connectivity index (χ4v) is 6.89. The monoisotopic (exact) mass is 645 g/mol. The summed E-state index contributed by atoms with van der Waals surface area (Å²) in [5.74, 6) is -0.0546. The maximum atomic E-state index is 13.2. The Bertz CT molecular complexity index is 2050. The number of fused-ring (bicyclic) bond motifs is 8. The first-order valence-corrected chi connectivity index (χ1v) is 15.0. The Kier molecular flexibility index (Phi) is 6.27. The van der Waals surface area contributed by atoms with Crippen LogP contribution >= 0.6 is 7.82 Å². The van der Waals surface area contributed by atoms with Crippen LogP contribution in [0.5, 0.6) is 0 Å². The number of nitrogens with two attached hydrogens (primary N) is 2. The van der Waals surface area contributed by atoms with E-state index in [9.17, 15) is 24.5 Å². The smallest absolute Gasteiger partial charge is 0.388 e. The number of nitrogens with one attached hydrogen (secondary N) is 1. The highest BCUT2D eigenvalue weighted by atomic mass is 31.2. The molecule has 45 heavy (non-hydrogen) atoms. The van der Waals surface area contributed by atoms with Crippen LogP contribution in [0.1, 0.15) is 24.2 Å². The minimum atomic E-state index is -4.91. The topological polar surface area (TPSA) is 305 Å². The van der Waals surface area contributed by atoms with Gasteiger partial charge in [-0.1, -0.05) is 5.21 Å². The molecule has 9 atom stereocenters. The second-order valence-corrected chi connectivity index (χ2v) is 12.1. The summed E-state index contributed by atoms with van der Waals surface area (Å²) < 4.78 is 40.3.